The van der Waals surface area contributed by atoms with Crippen LogP contribution in [0, 0.1) is 0 Å². The molecule has 2 atom stereocenters. The van der Waals surface area contributed by atoms with Crippen molar-refractivity contribution in [1.29, 1.82) is 0 Å². The molecule has 0 N–H and O–H groups in total. The third-order valence-electron chi connectivity index (χ3n) is 7.79. The van der Waals surface area contributed by atoms with Crippen LogP contribution in [0.4, 0.5) is 0 Å². The summed E-state index contributed by atoms with van der Waals surface area (Å²) in [7, 11) is 0. The van der Waals surface area contributed by atoms with Crippen molar-refractivity contribution in [3.63, 3.8) is 0 Å². The van der Waals surface area contributed by atoms with Gasteiger partial charge in [-0.2, -0.15) is 0 Å². The van der Waals surface area contributed by atoms with Gasteiger partial charge < -0.3 is 4.74 Å². The summed E-state index contributed by atoms with van der Waals surface area (Å²) < 4.78 is 10.8. The Hall–Kier alpha value is -4.88. The zero-order valence-corrected chi connectivity index (χ0v) is 21.3. The molecule has 7 aromatic rings. The molecule has 3 aromatic carbocycles. The number of aliphatic imine (C=N–C) groups is 1. The molecule has 2 aliphatic rings. The number of aromatic nitrogens is 4. The summed E-state index contributed by atoms with van der Waals surface area (Å²) in [6.45, 7) is 0. The summed E-state index contributed by atoms with van der Waals surface area (Å²) in [6.07, 6.45) is 9.36. The number of fused-ring (bicyclic) bond motifs is 9. The Morgan fingerprint density at radius 3 is 2.79 bits per heavy atom. The maximum absolute atomic E-state index is 6.29. The summed E-state index contributed by atoms with van der Waals surface area (Å²) >= 11 is 1.73. The standard InChI is InChI=1S/C32H19N5OS/c1-2-9-26-21(5-1)22-8-4-12-34-31(22)37(26)19-10-11-27-24(14-19)25-13-18(15-35-32(25)38-27)20-6-3-7-23-29-28(39-30(20)23)16-33-17-36-29/h1-17,25,32H. The van der Waals surface area contributed by atoms with E-state index in [1.54, 1.807) is 17.7 Å². The Balaban J connectivity index is 1.20. The molecule has 9 rings (SSSR count). The van der Waals surface area contributed by atoms with Crippen LogP contribution in [-0.4, -0.2) is 32.0 Å². The highest BCUT2D eigenvalue weighted by Crippen LogP contribution is 2.45. The molecule has 6 heterocycles. The van der Waals surface area contributed by atoms with Crippen LogP contribution in [0.2, 0.25) is 0 Å². The molecule has 0 saturated heterocycles. The summed E-state index contributed by atoms with van der Waals surface area (Å²) in [6, 6.07) is 25.4. The lowest BCUT2D eigenvalue weighted by molar-refractivity contribution is 0.230. The minimum absolute atomic E-state index is 0.0189. The molecular formula is C32H19N5OS. The van der Waals surface area contributed by atoms with Crippen molar-refractivity contribution >= 4 is 65.4 Å². The van der Waals surface area contributed by atoms with Crippen LogP contribution < -0.4 is 4.74 Å². The van der Waals surface area contributed by atoms with Crippen LogP contribution in [0.1, 0.15) is 17.0 Å². The molecule has 0 fully saturated rings. The van der Waals surface area contributed by atoms with Crippen molar-refractivity contribution in [2.45, 2.75) is 12.1 Å². The maximum Gasteiger partial charge on any atom is 0.199 e. The topological polar surface area (TPSA) is 65.2 Å². The van der Waals surface area contributed by atoms with Gasteiger partial charge in [-0.05, 0) is 42.0 Å². The normalized spacial score (nSPS) is 18.0. The predicted octanol–water partition coefficient (Wildman–Crippen LogP) is 7.31. The summed E-state index contributed by atoms with van der Waals surface area (Å²) in [4.78, 5) is 18.4. The van der Waals surface area contributed by atoms with Gasteiger partial charge in [-0.3, -0.25) is 4.57 Å². The minimum atomic E-state index is -0.261. The quantitative estimate of drug-likeness (QED) is 0.239. The second-order valence-electron chi connectivity index (χ2n) is 9.90. The lowest BCUT2D eigenvalue weighted by atomic mass is 9.91. The van der Waals surface area contributed by atoms with Crippen molar-refractivity contribution in [3.8, 4) is 11.4 Å². The van der Waals surface area contributed by atoms with Gasteiger partial charge in [0.1, 0.15) is 17.7 Å². The van der Waals surface area contributed by atoms with Gasteiger partial charge in [-0.15, -0.1) is 11.3 Å². The number of rotatable bonds is 2. The van der Waals surface area contributed by atoms with Crippen LogP contribution >= 0.6 is 11.3 Å². The van der Waals surface area contributed by atoms with Crippen molar-refractivity contribution in [2.75, 3.05) is 0 Å². The molecule has 0 saturated carbocycles. The lowest BCUT2D eigenvalue weighted by Crippen LogP contribution is -2.18. The second kappa shape index (κ2) is 7.82. The van der Waals surface area contributed by atoms with Crippen molar-refractivity contribution in [1.82, 2.24) is 19.5 Å². The van der Waals surface area contributed by atoms with E-state index in [0.29, 0.717) is 0 Å². The molecule has 6 nitrogen and oxygen atoms in total. The zero-order chi connectivity index (χ0) is 25.5. The minimum Gasteiger partial charge on any atom is -0.467 e. The molecule has 0 spiro atoms. The summed E-state index contributed by atoms with van der Waals surface area (Å²) in [5.41, 5.74) is 7.55. The first kappa shape index (κ1) is 21.1. The number of benzene rings is 3. The van der Waals surface area contributed by atoms with E-state index in [0.717, 1.165) is 60.3 Å². The van der Waals surface area contributed by atoms with E-state index in [-0.39, 0.29) is 12.1 Å². The van der Waals surface area contributed by atoms with Crippen LogP contribution in [0.15, 0.2) is 103 Å². The number of dihydropyridines is 1. The van der Waals surface area contributed by atoms with E-state index in [1.807, 2.05) is 24.7 Å². The van der Waals surface area contributed by atoms with Crippen molar-refractivity contribution in [2.24, 2.45) is 4.99 Å². The molecule has 0 amide bonds. The fourth-order valence-corrected chi connectivity index (χ4v) is 7.23. The SMILES string of the molecule is C1=NC2Oc3ccc(-n4c5ccccc5c5cccnc54)cc3C2C=C1c1cccc2c1sc1cncnc12. The van der Waals surface area contributed by atoms with Crippen LogP contribution in [-0.2, 0) is 0 Å². The number of para-hydroxylation sites is 1. The largest absolute Gasteiger partial charge is 0.467 e. The van der Waals surface area contributed by atoms with E-state index in [4.69, 9.17) is 14.7 Å². The number of hydrogen-bond donors (Lipinski definition) is 0. The second-order valence-corrected chi connectivity index (χ2v) is 11.0. The van der Waals surface area contributed by atoms with Gasteiger partial charge in [0.15, 0.2) is 6.23 Å². The highest BCUT2D eigenvalue weighted by Gasteiger charge is 2.35. The van der Waals surface area contributed by atoms with Crippen molar-refractivity contribution in [3.05, 3.63) is 109 Å². The average molecular weight is 522 g/mol. The number of allylic oxidation sites excluding steroid dienone is 1. The molecular weight excluding hydrogens is 502 g/mol. The van der Waals surface area contributed by atoms with Gasteiger partial charge in [0, 0.05) is 56.3 Å². The molecule has 4 aromatic heterocycles. The first-order chi connectivity index (χ1) is 19.3. The molecule has 0 radical (unpaired) electrons. The average Bonchev–Trinajstić information content (AvgIpc) is 3.66. The van der Waals surface area contributed by atoms with E-state index < -0.39 is 0 Å². The number of hydrogen-bond acceptors (Lipinski definition) is 6. The Labute approximate surface area is 226 Å². The monoisotopic (exact) mass is 521 g/mol. The highest BCUT2D eigenvalue weighted by molar-refractivity contribution is 7.26. The molecule has 2 unspecified atom stereocenters. The first-order valence-electron chi connectivity index (χ1n) is 12.9. The van der Waals surface area contributed by atoms with E-state index in [9.17, 15) is 0 Å². The fraction of sp³-hybridized carbons (Fsp3) is 0.0625. The van der Waals surface area contributed by atoms with Gasteiger partial charge in [0.05, 0.1) is 21.7 Å². The van der Waals surface area contributed by atoms with Gasteiger partial charge >= 0.3 is 0 Å². The van der Waals surface area contributed by atoms with Gasteiger partial charge in [0.2, 0.25) is 0 Å². The fourth-order valence-electron chi connectivity index (χ4n) is 6.07. The molecule has 39 heavy (non-hydrogen) atoms. The third-order valence-corrected chi connectivity index (χ3v) is 8.95. The number of nitrogens with zero attached hydrogens (tertiary/aromatic N) is 5. The predicted molar refractivity (Wildman–Crippen MR) is 157 cm³/mol. The van der Waals surface area contributed by atoms with Gasteiger partial charge in [-0.25, -0.2) is 19.9 Å². The molecule has 0 bridgehead atoms. The Kier molecular flexibility index (Phi) is 4.23. The summed E-state index contributed by atoms with van der Waals surface area (Å²) in [5.74, 6) is 0.901. The van der Waals surface area contributed by atoms with Gasteiger partial charge in [0.25, 0.3) is 0 Å². The van der Waals surface area contributed by atoms with E-state index in [2.05, 4.69) is 87.3 Å². The summed E-state index contributed by atoms with van der Waals surface area (Å²) in [5, 5.41) is 3.49. The highest BCUT2D eigenvalue weighted by atomic mass is 32.1. The van der Waals surface area contributed by atoms with E-state index in [1.165, 1.54) is 10.1 Å². The van der Waals surface area contributed by atoms with E-state index >= 15 is 0 Å². The molecule has 184 valence electrons. The number of ether oxygens (including phenoxy) is 1. The third kappa shape index (κ3) is 2.96. The Bertz CT molecular complexity index is 2140. The number of pyridine rings is 1. The van der Waals surface area contributed by atoms with Crippen molar-refractivity contribution < 1.29 is 4.74 Å². The zero-order valence-electron chi connectivity index (χ0n) is 20.5. The first-order valence-corrected chi connectivity index (χ1v) is 13.7. The Morgan fingerprint density at radius 2 is 1.79 bits per heavy atom. The molecule has 7 heteroatoms. The molecule has 0 aliphatic carbocycles. The lowest BCUT2D eigenvalue weighted by Gasteiger charge is -2.18. The maximum atomic E-state index is 6.29. The smallest absolute Gasteiger partial charge is 0.199 e. The number of thiophene rings is 1. The Morgan fingerprint density at radius 1 is 0.872 bits per heavy atom. The van der Waals surface area contributed by atoms with Crippen LogP contribution in [0.3, 0.4) is 0 Å². The molecule has 2 aliphatic heterocycles. The van der Waals surface area contributed by atoms with Crippen LogP contribution in [0.25, 0.3) is 53.5 Å². The van der Waals surface area contributed by atoms with Crippen LogP contribution in [0.5, 0.6) is 5.75 Å². The van der Waals surface area contributed by atoms with Gasteiger partial charge in [-0.1, -0.05) is 42.5 Å².